The Bertz CT molecular complexity index is 178. The van der Waals surface area contributed by atoms with Gasteiger partial charge in [-0.1, -0.05) is 13.8 Å². The molecule has 0 spiro atoms. The molecule has 0 aromatic rings. The predicted molar refractivity (Wildman–Crippen MR) is 70.9 cm³/mol. The van der Waals surface area contributed by atoms with Gasteiger partial charge < -0.3 is 14.7 Å². The highest BCUT2D eigenvalue weighted by Gasteiger charge is 2.17. The number of rotatable bonds is 2. The predicted octanol–water partition coefficient (Wildman–Crippen LogP) is 1.91. The van der Waals surface area contributed by atoms with Crippen LogP contribution < -0.4 is 0 Å². The van der Waals surface area contributed by atoms with E-state index in [1.807, 2.05) is 34.6 Å². The second-order valence-electron chi connectivity index (χ2n) is 4.93. The first-order valence-corrected chi connectivity index (χ1v) is 6.30. The van der Waals surface area contributed by atoms with E-state index in [0.717, 1.165) is 13.1 Å². The van der Waals surface area contributed by atoms with E-state index in [4.69, 9.17) is 5.11 Å². The lowest BCUT2D eigenvalue weighted by Gasteiger charge is -2.14. The van der Waals surface area contributed by atoms with Crippen LogP contribution in [0.5, 0.6) is 0 Å². The number of nitrogens with zero attached hydrogens (tertiary/aromatic N) is 1. The summed E-state index contributed by atoms with van der Waals surface area (Å²) in [4.78, 5) is 11.8. The Morgan fingerprint density at radius 2 is 1.94 bits per heavy atom. The molecule has 0 saturated carbocycles. The van der Waals surface area contributed by atoms with Crippen molar-refractivity contribution in [3.8, 4) is 0 Å². The average molecular weight is 247 g/mol. The Hall–Kier alpha value is -0.610. The van der Waals surface area contributed by atoms with Crippen LogP contribution in [0.25, 0.3) is 0 Å². The van der Waals surface area contributed by atoms with Gasteiger partial charge in [0.1, 0.15) is 5.60 Å². The standard InChI is InChI=1S/C6H13NO.C5H10O2.C2H6/c1-7-3-2-6(4-7)5-8;1-5(2,3)7-4-6;1-2/h6,8H,2-5H2,1H3;4H,1-3H3;1-2H3. The molecule has 1 fully saturated rings. The van der Waals surface area contributed by atoms with Gasteiger partial charge in [0.25, 0.3) is 6.47 Å². The molecule has 1 aliphatic heterocycles. The maximum absolute atomic E-state index is 9.60. The summed E-state index contributed by atoms with van der Waals surface area (Å²) in [5, 5.41) is 8.66. The Morgan fingerprint density at radius 1 is 1.41 bits per heavy atom. The van der Waals surface area contributed by atoms with Crippen LogP contribution in [0.1, 0.15) is 41.0 Å². The van der Waals surface area contributed by atoms with E-state index < -0.39 is 0 Å². The van der Waals surface area contributed by atoms with Crippen LogP contribution in [0.4, 0.5) is 0 Å². The molecule has 1 N–H and O–H groups in total. The Balaban J connectivity index is 0. The zero-order chi connectivity index (χ0) is 13.9. The van der Waals surface area contributed by atoms with Gasteiger partial charge in [0, 0.05) is 13.2 Å². The average Bonchev–Trinajstić information content (AvgIpc) is 2.66. The molecule has 1 saturated heterocycles. The van der Waals surface area contributed by atoms with Crippen molar-refractivity contribution in [2.45, 2.75) is 46.6 Å². The molecular formula is C13H29NO3. The first-order valence-electron chi connectivity index (χ1n) is 6.30. The minimum absolute atomic E-state index is 0.318. The number of carbonyl (C=O) groups is 1. The van der Waals surface area contributed by atoms with E-state index in [1.54, 1.807) is 0 Å². The van der Waals surface area contributed by atoms with Crippen LogP contribution in [0.15, 0.2) is 0 Å². The molecule has 0 aromatic heterocycles. The lowest BCUT2D eigenvalue weighted by Crippen LogP contribution is -2.17. The van der Waals surface area contributed by atoms with Gasteiger partial charge in [-0.15, -0.1) is 0 Å². The molecule has 0 bridgehead atoms. The largest absolute Gasteiger partial charge is 0.462 e. The number of aliphatic hydroxyl groups is 1. The van der Waals surface area contributed by atoms with E-state index in [-0.39, 0.29) is 5.60 Å². The molecule has 17 heavy (non-hydrogen) atoms. The second kappa shape index (κ2) is 10.5. The molecule has 1 rings (SSSR count). The Kier molecular flexibility index (Phi) is 11.6. The van der Waals surface area contributed by atoms with E-state index in [9.17, 15) is 4.79 Å². The van der Waals surface area contributed by atoms with Gasteiger partial charge in [-0.05, 0) is 46.7 Å². The lowest BCUT2D eigenvalue weighted by atomic mass is 10.1. The smallest absolute Gasteiger partial charge is 0.293 e. The Morgan fingerprint density at radius 3 is 2.06 bits per heavy atom. The van der Waals surface area contributed by atoms with Gasteiger partial charge >= 0.3 is 0 Å². The van der Waals surface area contributed by atoms with Crippen molar-refractivity contribution in [1.82, 2.24) is 4.90 Å². The molecule has 0 amide bonds. The molecule has 4 nitrogen and oxygen atoms in total. The summed E-state index contributed by atoms with van der Waals surface area (Å²) in [6.45, 7) is 12.5. The zero-order valence-electron chi connectivity index (χ0n) is 12.2. The van der Waals surface area contributed by atoms with Crippen molar-refractivity contribution < 1.29 is 14.6 Å². The van der Waals surface area contributed by atoms with Crippen LogP contribution in [0, 0.1) is 5.92 Å². The van der Waals surface area contributed by atoms with Crippen molar-refractivity contribution in [1.29, 1.82) is 0 Å². The fraction of sp³-hybridized carbons (Fsp3) is 0.923. The number of aliphatic hydroxyl groups excluding tert-OH is 1. The quantitative estimate of drug-likeness (QED) is 0.757. The summed E-state index contributed by atoms with van der Waals surface area (Å²) in [6, 6.07) is 0. The number of hydrogen-bond donors (Lipinski definition) is 1. The van der Waals surface area contributed by atoms with Gasteiger partial charge in [-0.25, -0.2) is 0 Å². The Labute approximate surface area is 106 Å². The molecule has 0 radical (unpaired) electrons. The second-order valence-corrected chi connectivity index (χ2v) is 4.93. The molecule has 104 valence electrons. The zero-order valence-corrected chi connectivity index (χ0v) is 12.2. The molecular weight excluding hydrogens is 218 g/mol. The first kappa shape index (κ1) is 18.7. The number of hydrogen-bond acceptors (Lipinski definition) is 4. The first-order chi connectivity index (χ1) is 7.89. The van der Waals surface area contributed by atoms with Crippen molar-refractivity contribution in [3.05, 3.63) is 0 Å². The van der Waals surface area contributed by atoms with Gasteiger partial charge in [-0.3, -0.25) is 4.79 Å². The highest BCUT2D eigenvalue weighted by molar-refractivity contribution is 5.37. The van der Waals surface area contributed by atoms with Crippen LogP contribution in [0.3, 0.4) is 0 Å². The van der Waals surface area contributed by atoms with Gasteiger partial charge in [0.05, 0.1) is 0 Å². The third kappa shape index (κ3) is 13.3. The lowest BCUT2D eigenvalue weighted by molar-refractivity contribution is -0.138. The fourth-order valence-electron chi connectivity index (χ4n) is 1.32. The number of likely N-dealkylation sites (tertiary alicyclic amines) is 1. The van der Waals surface area contributed by atoms with Crippen molar-refractivity contribution in [2.24, 2.45) is 5.92 Å². The number of carbonyl (C=O) groups excluding carboxylic acids is 1. The van der Waals surface area contributed by atoms with E-state index in [2.05, 4.69) is 16.7 Å². The minimum atomic E-state index is -0.318. The van der Waals surface area contributed by atoms with Crippen molar-refractivity contribution in [3.63, 3.8) is 0 Å². The highest BCUT2D eigenvalue weighted by Crippen LogP contribution is 2.12. The highest BCUT2D eigenvalue weighted by atomic mass is 16.5. The number of ether oxygens (including phenoxy) is 1. The molecule has 1 aliphatic rings. The summed E-state index contributed by atoms with van der Waals surface area (Å²) in [5.41, 5.74) is -0.318. The summed E-state index contributed by atoms with van der Waals surface area (Å²) in [6.07, 6.45) is 1.17. The van der Waals surface area contributed by atoms with E-state index >= 15 is 0 Å². The molecule has 0 aromatic carbocycles. The maximum atomic E-state index is 9.60. The fourth-order valence-corrected chi connectivity index (χ4v) is 1.32. The molecule has 1 atom stereocenters. The molecule has 4 heteroatoms. The monoisotopic (exact) mass is 247 g/mol. The normalized spacial score (nSPS) is 19.6. The molecule has 0 aliphatic carbocycles. The molecule has 1 heterocycles. The summed E-state index contributed by atoms with van der Waals surface area (Å²) in [5.74, 6) is 0.556. The van der Waals surface area contributed by atoms with Crippen LogP contribution in [0.2, 0.25) is 0 Å². The summed E-state index contributed by atoms with van der Waals surface area (Å²) in [7, 11) is 2.09. The van der Waals surface area contributed by atoms with E-state index in [1.165, 1.54) is 6.42 Å². The maximum Gasteiger partial charge on any atom is 0.293 e. The van der Waals surface area contributed by atoms with Gasteiger partial charge in [0.2, 0.25) is 0 Å². The third-order valence-corrected chi connectivity index (χ3v) is 2.15. The van der Waals surface area contributed by atoms with Crippen molar-refractivity contribution >= 4 is 6.47 Å². The third-order valence-electron chi connectivity index (χ3n) is 2.15. The summed E-state index contributed by atoms with van der Waals surface area (Å²) < 4.78 is 4.55. The minimum Gasteiger partial charge on any atom is -0.462 e. The van der Waals surface area contributed by atoms with Crippen molar-refractivity contribution in [2.75, 3.05) is 26.7 Å². The topological polar surface area (TPSA) is 49.8 Å². The van der Waals surface area contributed by atoms with Crippen LogP contribution in [-0.2, 0) is 9.53 Å². The molecule has 1 unspecified atom stereocenters. The van der Waals surface area contributed by atoms with Gasteiger partial charge in [-0.2, -0.15) is 0 Å². The van der Waals surface area contributed by atoms with Crippen LogP contribution in [-0.4, -0.2) is 48.8 Å². The SMILES string of the molecule is CC.CC(C)(C)OC=O.CN1CCC(CO)C1. The van der Waals surface area contributed by atoms with E-state index in [0.29, 0.717) is 19.0 Å². The summed E-state index contributed by atoms with van der Waals surface area (Å²) >= 11 is 0. The van der Waals surface area contributed by atoms with Gasteiger partial charge in [0.15, 0.2) is 0 Å². The van der Waals surface area contributed by atoms with Crippen LogP contribution >= 0.6 is 0 Å².